The van der Waals surface area contributed by atoms with Gasteiger partial charge in [-0.3, -0.25) is 4.79 Å². The Morgan fingerprint density at radius 2 is 1.79 bits per heavy atom. The zero-order chi connectivity index (χ0) is 17.5. The lowest BCUT2D eigenvalue weighted by molar-refractivity contribution is -0.140. The van der Waals surface area contributed by atoms with E-state index in [4.69, 9.17) is 9.52 Å². The van der Waals surface area contributed by atoms with E-state index in [1.807, 2.05) is 31.2 Å². The van der Waals surface area contributed by atoms with Gasteiger partial charge in [-0.2, -0.15) is 0 Å². The number of esters is 1. The Morgan fingerprint density at radius 1 is 1.12 bits per heavy atom. The van der Waals surface area contributed by atoms with E-state index in [-0.39, 0.29) is 12.4 Å². The minimum absolute atomic E-state index is 0.0746. The molecule has 0 atom stereocenters. The normalized spacial score (nSPS) is 9.92. The number of carboxylic acid groups (broad SMARTS) is 1. The van der Waals surface area contributed by atoms with E-state index in [1.165, 1.54) is 7.11 Å². The molecule has 6 heteroatoms. The fraction of sp³-hybridized carbons (Fsp3) is 0.167. The van der Waals surface area contributed by atoms with Gasteiger partial charge in [0.1, 0.15) is 11.9 Å². The standard InChI is InChI=1S/C10H9NO3.C8H8O2/c1-13-10(12)6-9-11-7-4-2-3-5-8(7)14-9;1-6-2-4-7(5-3-6)8(9)10/h2-5H,6H2,1H3;2-5H,1H3,(H,9,10). The second-order valence-corrected chi connectivity index (χ2v) is 5.00. The molecule has 0 spiro atoms. The van der Waals surface area contributed by atoms with Crippen LogP contribution in [-0.4, -0.2) is 29.1 Å². The van der Waals surface area contributed by atoms with Gasteiger partial charge in [-0.05, 0) is 31.2 Å². The lowest BCUT2D eigenvalue weighted by Gasteiger charge is -1.92. The summed E-state index contributed by atoms with van der Waals surface area (Å²) >= 11 is 0. The second kappa shape index (κ2) is 7.92. The van der Waals surface area contributed by atoms with Crippen molar-refractivity contribution in [2.45, 2.75) is 13.3 Å². The van der Waals surface area contributed by atoms with Crippen LogP contribution in [0.1, 0.15) is 21.8 Å². The summed E-state index contributed by atoms with van der Waals surface area (Å²) in [6.45, 7) is 1.92. The zero-order valence-corrected chi connectivity index (χ0v) is 13.4. The number of aromatic carboxylic acids is 1. The number of para-hydroxylation sites is 2. The van der Waals surface area contributed by atoms with Crippen LogP contribution in [0.25, 0.3) is 11.1 Å². The predicted molar refractivity (Wildman–Crippen MR) is 87.9 cm³/mol. The van der Waals surface area contributed by atoms with Crippen LogP contribution in [0.2, 0.25) is 0 Å². The largest absolute Gasteiger partial charge is 0.478 e. The number of carbonyl (C=O) groups excluding carboxylic acids is 1. The summed E-state index contributed by atoms with van der Waals surface area (Å²) < 4.78 is 9.84. The molecule has 0 radical (unpaired) electrons. The number of aromatic nitrogens is 1. The third kappa shape index (κ3) is 4.67. The number of aryl methyl sites for hydroxylation is 1. The third-order valence-corrected chi connectivity index (χ3v) is 3.16. The number of carbonyl (C=O) groups is 2. The Kier molecular flexibility index (Phi) is 5.68. The maximum absolute atomic E-state index is 10.9. The first-order chi connectivity index (χ1) is 11.5. The molecule has 24 heavy (non-hydrogen) atoms. The van der Waals surface area contributed by atoms with Crippen molar-refractivity contribution in [1.29, 1.82) is 0 Å². The van der Waals surface area contributed by atoms with Gasteiger partial charge in [0.05, 0.1) is 12.7 Å². The van der Waals surface area contributed by atoms with Crippen LogP contribution in [0.3, 0.4) is 0 Å². The van der Waals surface area contributed by atoms with Crippen LogP contribution in [0.15, 0.2) is 52.9 Å². The predicted octanol–water partition coefficient (Wildman–Crippen LogP) is 3.24. The molecule has 1 aromatic heterocycles. The number of carboxylic acids is 1. The first kappa shape index (κ1) is 17.2. The molecule has 0 aliphatic rings. The summed E-state index contributed by atoms with van der Waals surface area (Å²) in [5.74, 6) is -0.838. The lowest BCUT2D eigenvalue weighted by Crippen LogP contribution is -2.04. The highest BCUT2D eigenvalue weighted by molar-refractivity contribution is 5.87. The van der Waals surface area contributed by atoms with E-state index >= 15 is 0 Å². The smallest absolute Gasteiger partial charge is 0.335 e. The quantitative estimate of drug-likeness (QED) is 0.743. The number of hydrogen-bond donors (Lipinski definition) is 1. The average molecular weight is 327 g/mol. The highest BCUT2D eigenvalue weighted by atomic mass is 16.5. The van der Waals surface area contributed by atoms with Gasteiger partial charge >= 0.3 is 11.9 Å². The van der Waals surface area contributed by atoms with Crippen molar-refractivity contribution < 1.29 is 23.8 Å². The first-order valence-corrected chi connectivity index (χ1v) is 7.21. The average Bonchev–Trinajstić information content (AvgIpc) is 2.98. The van der Waals surface area contributed by atoms with Crippen LogP contribution in [0, 0.1) is 6.92 Å². The molecule has 2 aromatic carbocycles. The van der Waals surface area contributed by atoms with Gasteiger partial charge in [-0.1, -0.05) is 29.8 Å². The van der Waals surface area contributed by atoms with Crippen molar-refractivity contribution in [3.05, 3.63) is 65.5 Å². The SMILES string of the molecule is COC(=O)Cc1nc2ccccc2o1.Cc1ccc(C(=O)O)cc1. The monoisotopic (exact) mass is 327 g/mol. The summed E-state index contributed by atoms with van der Waals surface area (Å²) in [6, 6.07) is 14.1. The summed E-state index contributed by atoms with van der Waals surface area (Å²) in [6.07, 6.45) is 0.0746. The summed E-state index contributed by atoms with van der Waals surface area (Å²) in [7, 11) is 1.34. The van der Waals surface area contributed by atoms with Crippen LogP contribution in [0.5, 0.6) is 0 Å². The Balaban J connectivity index is 0.000000185. The van der Waals surface area contributed by atoms with Crippen LogP contribution >= 0.6 is 0 Å². The Labute approximate surface area is 138 Å². The fourth-order valence-electron chi connectivity index (χ4n) is 1.89. The lowest BCUT2D eigenvalue weighted by atomic mass is 10.2. The van der Waals surface area contributed by atoms with Gasteiger partial charge in [0.15, 0.2) is 5.58 Å². The summed E-state index contributed by atoms with van der Waals surface area (Å²) in [5.41, 5.74) is 2.86. The maximum atomic E-state index is 10.9. The van der Waals surface area contributed by atoms with Crippen molar-refractivity contribution in [3.63, 3.8) is 0 Å². The van der Waals surface area contributed by atoms with Gasteiger partial charge in [0, 0.05) is 0 Å². The van der Waals surface area contributed by atoms with Crippen molar-refractivity contribution in [3.8, 4) is 0 Å². The van der Waals surface area contributed by atoms with E-state index < -0.39 is 5.97 Å². The van der Waals surface area contributed by atoms with E-state index in [0.717, 1.165) is 11.1 Å². The van der Waals surface area contributed by atoms with Crippen molar-refractivity contribution >= 4 is 23.0 Å². The van der Waals surface area contributed by atoms with Gasteiger partial charge < -0.3 is 14.3 Å². The molecule has 0 unspecified atom stereocenters. The van der Waals surface area contributed by atoms with Crippen molar-refractivity contribution in [2.24, 2.45) is 0 Å². The van der Waals surface area contributed by atoms with E-state index in [0.29, 0.717) is 17.0 Å². The topological polar surface area (TPSA) is 89.6 Å². The minimum atomic E-state index is -0.875. The summed E-state index contributed by atoms with van der Waals surface area (Å²) in [4.78, 5) is 25.4. The molecule has 0 saturated heterocycles. The minimum Gasteiger partial charge on any atom is -0.478 e. The number of oxazole rings is 1. The van der Waals surface area contributed by atoms with Crippen molar-refractivity contribution in [1.82, 2.24) is 4.98 Å². The fourth-order valence-corrected chi connectivity index (χ4v) is 1.89. The Hall–Kier alpha value is -3.15. The molecule has 0 aliphatic carbocycles. The molecular weight excluding hydrogens is 310 g/mol. The maximum Gasteiger partial charge on any atom is 0.335 e. The first-order valence-electron chi connectivity index (χ1n) is 7.21. The number of fused-ring (bicyclic) bond motifs is 1. The molecule has 0 saturated carbocycles. The molecule has 0 fully saturated rings. The zero-order valence-electron chi connectivity index (χ0n) is 13.4. The van der Waals surface area contributed by atoms with Crippen LogP contribution in [0.4, 0.5) is 0 Å². The van der Waals surface area contributed by atoms with Gasteiger partial charge in [0.2, 0.25) is 5.89 Å². The molecule has 0 bridgehead atoms. The molecular formula is C18H17NO5. The number of ether oxygens (including phenoxy) is 1. The van der Waals surface area contributed by atoms with Crippen LogP contribution < -0.4 is 0 Å². The molecule has 3 rings (SSSR count). The number of nitrogens with zero attached hydrogens (tertiary/aromatic N) is 1. The number of methoxy groups -OCH3 is 1. The van der Waals surface area contributed by atoms with Gasteiger partial charge in [-0.15, -0.1) is 0 Å². The third-order valence-electron chi connectivity index (χ3n) is 3.16. The van der Waals surface area contributed by atoms with E-state index in [2.05, 4.69) is 9.72 Å². The van der Waals surface area contributed by atoms with E-state index in [9.17, 15) is 9.59 Å². The Bertz CT molecular complexity index is 803. The summed E-state index contributed by atoms with van der Waals surface area (Å²) in [5, 5.41) is 8.48. The second-order valence-electron chi connectivity index (χ2n) is 5.00. The number of hydrogen-bond acceptors (Lipinski definition) is 5. The van der Waals surface area contributed by atoms with Gasteiger partial charge in [-0.25, -0.2) is 9.78 Å². The molecule has 1 N–H and O–H groups in total. The number of benzene rings is 2. The van der Waals surface area contributed by atoms with Crippen LogP contribution in [-0.2, 0) is 16.0 Å². The highest BCUT2D eigenvalue weighted by Gasteiger charge is 2.09. The Morgan fingerprint density at radius 3 is 2.38 bits per heavy atom. The molecule has 124 valence electrons. The molecule has 0 amide bonds. The van der Waals surface area contributed by atoms with Crippen molar-refractivity contribution in [2.75, 3.05) is 7.11 Å². The molecule has 3 aromatic rings. The highest BCUT2D eigenvalue weighted by Crippen LogP contribution is 2.14. The molecule has 1 heterocycles. The van der Waals surface area contributed by atoms with Gasteiger partial charge in [0.25, 0.3) is 0 Å². The molecule has 0 aliphatic heterocycles. The van der Waals surface area contributed by atoms with E-state index in [1.54, 1.807) is 24.3 Å². The number of rotatable bonds is 3. The molecule has 6 nitrogen and oxygen atoms in total.